The Morgan fingerprint density at radius 3 is 2.78 bits per heavy atom. The third kappa shape index (κ3) is 3.30. The molecule has 1 heterocycles. The van der Waals surface area contributed by atoms with Crippen LogP contribution in [0.25, 0.3) is 11.0 Å². The fraction of sp³-hybridized carbons (Fsp3) is 0.467. The molecule has 0 fully saturated rings. The number of rotatable bonds is 6. The minimum absolute atomic E-state index is 0.265. The summed E-state index contributed by atoms with van der Waals surface area (Å²) in [5, 5.41) is 4.72. The van der Waals surface area contributed by atoms with E-state index in [0.29, 0.717) is 5.92 Å². The molecular formula is C15H21NOS. The summed E-state index contributed by atoms with van der Waals surface area (Å²) >= 11 is 1.90. The lowest BCUT2D eigenvalue weighted by molar-refractivity contribution is 0.428. The van der Waals surface area contributed by atoms with Gasteiger partial charge in [0.2, 0.25) is 0 Å². The Balaban J connectivity index is 1.98. The van der Waals surface area contributed by atoms with E-state index in [9.17, 15) is 0 Å². The molecule has 2 aromatic rings. The zero-order chi connectivity index (χ0) is 13.0. The summed E-state index contributed by atoms with van der Waals surface area (Å²) in [4.78, 5) is 0. The van der Waals surface area contributed by atoms with E-state index in [2.05, 4.69) is 37.6 Å². The van der Waals surface area contributed by atoms with Crippen LogP contribution in [0.2, 0.25) is 0 Å². The van der Waals surface area contributed by atoms with Gasteiger partial charge in [-0.15, -0.1) is 0 Å². The van der Waals surface area contributed by atoms with E-state index in [4.69, 9.17) is 4.42 Å². The van der Waals surface area contributed by atoms with Crippen LogP contribution in [0, 0.1) is 5.92 Å². The monoisotopic (exact) mass is 263 g/mol. The maximum absolute atomic E-state index is 5.85. The SMILES string of the molecule is CSCC(C)CNC(C)c1cc2ccccc2o1. The molecule has 0 aliphatic heterocycles. The fourth-order valence-electron chi connectivity index (χ4n) is 2.04. The molecule has 0 saturated heterocycles. The number of thioether (sulfide) groups is 1. The second-order valence-electron chi connectivity index (χ2n) is 4.88. The highest BCUT2D eigenvalue weighted by molar-refractivity contribution is 7.98. The molecule has 0 radical (unpaired) electrons. The number of fused-ring (bicyclic) bond motifs is 1. The van der Waals surface area contributed by atoms with Crippen LogP contribution in [0.3, 0.4) is 0 Å². The van der Waals surface area contributed by atoms with Crippen LogP contribution in [0.1, 0.15) is 25.6 Å². The first-order valence-corrected chi connectivity index (χ1v) is 7.81. The Hall–Kier alpha value is -0.930. The summed E-state index contributed by atoms with van der Waals surface area (Å²) in [6.45, 7) is 5.46. The second-order valence-corrected chi connectivity index (χ2v) is 5.79. The van der Waals surface area contributed by atoms with Crippen molar-refractivity contribution in [3.63, 3.8) is 0 Å². The number of hydrogen-bond donors (Lipinski definition) is 1. The predicted octanol–water partition coefficient (Wildman–Crippen LogP) is 4.08. The number of benzene rings is 1. The first-order chi connectivity index (χ1) is 8.70. The van der Waals surface area contributed by atoms with Gasteiger partial charge in [0.1, 0.15) is 11.3 Å². The quantitative estimate of drug-likeness (QED) is 0.850. The fourth-order valence-corrected chi connectivity index (χ4v) is 2.72. The van der Waals surface area contributed by atoms with E-state index in [1.807, 2.05) is 30.0 Å². The van der Waals surface area contributed by atoms with Crippen molar-refractivity contribution in [1.29, 1.82) is 0 Å². The second kappa shape index (κ2) is 6.30. The molecule has 98 valence electrons. The first-order valence-electron chi connectivity index (χ1n) is 6.41. The van der Waals surface area contributed by atoms with Crippen molar-refractivity contribution in [2.24, 2.45) is 5.92 Å². The number of nitrogens with one attached hydrogen (secondary N) is 1. The highest BCUT2D eigenvalue weighted by Crippen LogP contribution is 2.23. The van der Waals surface area contributed by atoms with Gasteiger partial charge in [-0.1, -0.05) is 25.1 Å². The summed E-state index contributed by atoms with van der Waals surface area (Å²) in [5.41, 5.74) is 0.971. The van der Waals surface area contributed by atoms with Crippen molar-refractivity contribution in [1.82, 2.24) is 5.32 Å². The van der Waals surface area contributed by atoms with Crippen molar-refractivity contribution < 1.29 is 4.42 Å². The van der Waals surface area contributed by atoms with Crippen LogP contribution in [0.5, 0.6) is 0 Å². The maximum atomic E-state index is 5.85. The highest BCUT2D eigenvalue weighted by atomic mass is 32.2. The standard InChI is InChI=1S/C15H21NOS/c1-11(10-18-3)9-16-12(2)15-8-13-6-4-5-7-14(13)17-15/h4-8,11-12,16H,9-10H2,1-3H3. The van der Waals surface area contributed by atoms with E-state index in [-0.39, 0.29) is 6.04 Å². The van der Waals surface area contributed by atoms with Gasteiger partial charge in [-0.3, -0.25) is 0 Å². The van der Waals surface area contributed by atoms with Gasteiger partial charge in [0.25, 0.3) is 0 Å². The summed E-state index contributed by atoms with van der Waals surface area (Å²) < 4.78 is 5.85. The van der Waals surface area contributed by atoms with Crippen LogP contribution >= 0.6 is 11.8 Å². The van der Waals surface area contributed by atoms with Crippen molar-refractivity contribution in [2.75, 3.05) is 18.6 Å². The van der Waals surface area contributed by atoms with Gasteiger partial charge in [-0.2, -0.15) is 11.8 Å². The largest absolute Gasteiger partial charge is 0.459 e. The molecule has 0 bridgehead atoms. The molecule has 1 N–H and O–H groups in total. The van der Waals surface area contributed by atoms with E-state index < -0.39 is 0 Å². The topological polar surface area (TPSA) is 25.2 Å². The van der Waals surface area contributed by atoms with Gasteiger partial charge in [0.15, 0.2) is 0 Å². The molecule has 0 saturated carbocycles. The lowest BCUT2D eigenvalue weighted by Gasteiger charge is -2.15. The van der Waals surface area contributed by atoms with Crippen LogP contribution in [-0.4, -0.2) is 18.6 Å². The molecule has 2 unspecified atom stereocenters. The van der Waals surface area contributed by atoms with Gasteiger partial charge in [0, 0.05) is 5.39 Å². The summed E-state index contributed by atoms with van der Waals surface area (Å²) in [5.74, 6) is 2.90. The van der Waals surface area contributed by atoms with E-state index >= 15 is 0 Å². The van der Waals surface area contributed by atoms with Gasteiger partial charge in [-0.25, -0.2) is 0 Å². The number of hydrogen-bond acceptors (Lipinski definition) is 3. The Morgan fingerprint density at radius 2 is 2.06 bits per heavy atom. The lowest BCUT2D eigenvalue weighted by atomic mass is 10.2. The highest BCUT2D eigenvalue weighted by Gasteiger charge is 2.11. The van der Waals surface area contributed by atoms with E-state index in [0.717, 1.165) is 17.9 Å². The maximum Gasteiger partial charge on any atom is 0.134 e. The smallest absolute Gasteiger partial charge is 0.134 e. The van der Waals surface area contributed by atoms with E-state index in [1.165, 1.54) is 11.1 Å². The normalized spacial score (nSPS) is 14.8. The van der Waals surface area contributed by atoms with Crippen molar-refractivity contribution in [3.05, 3.63) is 36.1 Å². The summed E-state index contributed by atoms with van der Waals surface area (Å²) in [6.07, 6.45) is 2.15. The average molecular weight is 263 g/mol. The Labute approximate surface area is 113 Å². The molecule has 0 aliphatic rings. The summed E-state index contributed by atoms with van der Waals surface area (Å²) in [7, 11) is 0. The number of para-hydroxylation sites is 1. The number of furan rings is 1. The van der Waals surface area contributed by atoms with Gasteiger partial charge in [-0.05, 0) is 43.5 Å². The third-order valence-electron chi connectivity index (χ3n) is 3.10. The molecule has 3 heteroatoms. The van der Waals surface area contributed by atoms with Gasteiger partial charge in [0.05, 0.1) is 6.04 Å². The summed E-state index contributed by atoms with van der Waals surface area (Å²) in [6, 6.07) is 10.6. The first kappa shape index (κ1) is 13.5. The van der Waals surface area contributed by atoms with Gasteiger partial charge < -0.3 is 9.73 Å². The third-order valence-corrected chi connectivity index (χ3v) is 4.00. The molecule has 1 aromatic carbocycles. The Kier molecular flexibility index (Phi) is 4.72. The van der Waals surface area contributed by atoms with Crippen molar-refractivity contribution in [3.8, 4) is 0 Å². The molecule has 0 amide bonds. The molecule has 2 nitrogen and oxygen atoms in total. The molecular weight excluding hydrogens is 242 g/mol. The van der Waals surface area contributed by atoms with Crippen LogP contribution in [0.15, 0.2) is 34.7 Å². The lowest BCUT2D eigenvalue weighted by Crippen LogP contribution is -2.25. The van der Waals surface area contributed by atoms with Crippen molar-refractivity contribution >= 4 is 22.7 Å². The average Bonchev–Trinajstić information content (AvgIpc) is 2.80. The van der Waals surface area contributed by atoms with Crippen LogP contribution < -0.4 is 5.32 Å². The van der Waals surface area contributed by atoms with E-state index in [1.54, 1.807) is 0 Å². The molecule has 0 spiro atoms. The zero-order valence-electron chi connectivity index (χ0n) is 11.3. The minimum atomic E-state index is 0.265. The molecule has 2 atom stereocenters. The molecule has 2 rings (SSSR count). The Morgan fingerprint density at radius 1 is 1.28 bits per heavy atom. The molecule has 18 heavy (non-hydrogen) atoms. The van der Waals surface area contributed by atoms with Gasteiger partial charge >= 0.3 is 0 Å². The molecule has 0 aliphatic carbocycles. The Bertz CT molecular complexity index is 461. The predicted molar refractivity (Wildman–Crippen MR) is 80.2 cm³/mol. The zero-order valence-corrected chi connectivity index (χ0v) is 12.1. The minimum Gasteiger partial charge on any atom is -0.459 e. The molecule has 1 aromatic heterocycles. The van der Waals surface area contributed by atoms with Crippen molar-refractivity contribution in [2.45, 2.75) is 19.9 Å². The van der Waals surface area contributed by atoms with Crippen LogP contribution in [-0.2, 0) is 0 Å². The van der Waals surface area contributed by atoms with Crippen LogP contribution in [0.4, 0.5) is 0 Å².